The first-order chi connectivity index (χ1) is 13.7. The van der Waals surface area contributed by atoms with Crippen molar-refractivity contribution < 1.29 is 0 Å². The fraction of sp³-hybridized carbons (Fsp3) is 0.100. The molecule has 8 heteroatoms. The van der Waals surface area contributed by atoms with E-state index in [0.717, 1.165) is 22.5 Å². The standard InChI is InChI=1S/C20H17ClN6S/c1-14-2-4-15(5-3-14)18(10-27-13-22-12-23-27)25-26-20-24-19(11-28-20)16-6-8-17(21)9-7-16/h2-9,11-13H,10H2,1H3,(H,24,26)/b25-18-. The van der Waals surface area contributed by atoms with Crippen LogP contribution in [0.5, 0.6) is 0 Å². The molecule has 140 valence electrons. The smallest absolute Gasteiger partial charge is 0.203 e. The summed E-state index contributed by atoms with van der Waals surface area (Å²) in [6.07, 6.45) is 3.19. The molecule has 0 saturated heterocycles. The molecule has 0 aliphatic rings. The molecule has 0 aliphatic carbocycles. The first-order valence-electron chi connectivity index (χ1n) is 8.61. The van der Waals surface area contributed by atoms with Gasteiger partial charge in [-0.25, -0.2) is 14.6 Å². The Balaban J connectivity index is 1.56. The van der Waals surface area contributed by atoms with Crippen molar-refractivity contribution in [1.29, 1.82) is 0 Å². The van der Waals surface area contributed by atoms with Gasteiger partial charge in [0.15, 0.2) is 0 Å². The molecule has 0 unspecified atom stereocenters. The van der Waals surface area contributed by atoms with Crippen molar-refractivity contribution in [3.63, 3.8) is 0 Å². The predicted molar refractivity (Wildman–Crippen MR) is 114 cm³/mol. The molecule has 0 amide bonds. The Morgan fingerprint density at radius 3 is 2.64 bits per heavy atom. The summed E-state index contributed by atoms with van der Waals surface area (Å²) in [6.45, 7) is 2.57. The molecular formula is C20H17ClN6S. The van der Waals surface area contributed by atoms with Gasteiger partial charge in [-0.2, -0.15) is 10.2 Å². The molecule has 0 atom stereocenters. The zero-order valence-electron chi connectivity index (χ0n) is 15.1. The van der Waals surface area contributed by atoms with Crippen LogP contribution in [0.3, 0.4) is 0 Å². The number of aromatic nitrogens is 4. The average molecular weight is 409 g/mol. The summed E-state index contributed by atoms with van der Waals surface area (Å²) in [7, 11) is 0. The normalized spacial score (nSPS) is 11.6. The van der Waals surface area contributed by atoms with E-state index in [2.05, 4.69) is 44.7 Å². The summed E-state index contributed by atoms with van der Waals surface area (Å²) < 4.78 is 1.74. The fourth-order valence-corrected chi connectivity index (χ4v) is 3.39. The van der Waals surface area contributed by atoms with Crippen LogP contribution in [0.15, 0.2) is 71.7 Å². The number of benzene rings is 2. The van der Waals surface area contributed by atoms with Crippen LogP contribution in [0.2, 0.25) is 5.02 Å². The zero-order chi connectivity index (χ0) is 19.3. The van der Waals surface area contributed by atoms with Crippen LogP contribution in [-0.4, -0.2) is 25.5 Å². The van der Waals surface area contributed by atoms with Gasteiger partial charge in [-0.15, -0.1) is 11.3 Å². The summed E-state index contributed by atoms with van der Waals surface area (Å²) in [6, 6.07) is 15.8. The van der Waals surface area contributed by atoms with E-state index in [1.165, 1.54) is 23.2 Å². The van der Waals surface area contributed by atoms with Gasteiger partial charge in [-0.1, -0.05) is 53.6 Å². The van der Waals surface area contributed by atoms with Crippen LogP contribution < -0.4 is 5.43 Å². The lowest BCUT2D eigenvalue weighted by atomic mass is 10.1. The minimum atomic E-state index is 0.505. The number of hydrogen-bond acceptors (Lipinski definition) is 6. The van der Waals surface area contributed by atoms with Gasteiger partial charge >= 0.3 is 0 Å². The summed E-state index contributed by atoms with van der Waals surface area (Å²) in [4.78, 5) is 8.61. The number of aryl methyl sites for hydroxylation is 1. The molecule has 0 aliphatic heterocycles. The number of anilines is 1. The Hall–Kier alpha value is -3.03. The van der Waals surface area contributed by atoms with Crippen LogP contribution in [0.1, 0.15) is 11.1 Å². The van der Waals surface area contributed by atoms with E-state index in [-0.39, 0.29) is 0 Å². The van der Waals surface area contributed by atoms with E-state index in [4.69, 9.17) is 11.6 Å². The molecule has 4 aromatic rings. The molecule has 0 saturated carbocycles. The van der Waals surface area contributed by atoms with Gasteiger partial charge in [-0.05, 0) is 24.6 Å². The van der Waals surface area contributed by atoms with Crippen molar-refractivity contribution in [3.8, 4) is 11.3 Å². The number of nitrogens with one attached hydrogen (secondary N) is 1. The van der Waals surface area contributed by atoms with Gasteiger partial charge in [0, 0.05) is 16.0 Å². The monoisotopic (exact) mass is 408 g/mol. The molecule has 4 rings (SSSR count). The van der Waals surface area contributed by atoms with Crippen molar-refractivity contribution in [2.45, 2.75) is 13.5 Å². The van der Waals surface area contributed by atoms with E-state index in [1.807, 2.05) is 41.8 Å². The molecule has 28 heavy (non-hydrogen) atoms. The van der Waals surface area contributed by atoms with E-state index in [0.29, 0.717) is 16.7 Å². The van der Waals surface area contributed by atoms with Gasteiger partial charge in [-0.3, -0.25) is 5.43 Å². The zero-order valence-corrected chi connectivity index (χ0v) is 16.7. The molecule has 6 nitrogen and oxygen atoms in total. The Kier molecular flexibility index (Phi) is 5.45. The first kappa shape index (κ1) is 18.3. The van der Waals surface area contributed by atoms with Gasteiger partial charge in [0.2, 0.25) is 5.13 Å². The summed E-state index contributed by atoms with van der Waals surface area (Å²) in [5, 5.41) is 12.2. The van der Waals surface area contributed by atoms with Crippen LogP contribution >= 0.6 is 22.9 Å². The molecule has 0 radical (unpaired) electrons. The Bertz CT molecular complexity index is 1070. The number of hydrazone groups is 1. The Morgan fingerprint density at radius 2 is 1.93 bits per heavy atom. The third-order valence-corrected chi connectivity index (χ3v) is 5.09. The highest BCUT2D eigenvalue weighted by Gasteiger charge is 2.08. The quantitative estimate of drug-likeness (QED) is 0.364. The average Bonchev–Trinajstić information content (AvgIpc) is 3.38. The fourth-order valence-electron chi connectivity index (χ4n) is 2.60. The molecule has 2 heterocycles. The third-order valence-electron chi connectivity index (χ3n) is 4.09. The van der Waals surface area contributed by atoms with Crippen molar-refractivity contribution in [1.82, 2.24) is 19.7 Å². The number of thiazole rings is 1. The molecule has 0 fully saturated rings. The maximum Gasteiger partial charge on any atom is 0.203 e. The van der Waals surface area contributed by atoms with Gasteiger partial charge in [0.1, 0.15) is 12.7 Å². The van der Waals surface area contributed by atoms with E-state index in [1.54, 1.807) is 11.0 Å². The molecule has 0 spiro atoms. The third kappa shape index (κ3) is 4.44. The van der Waals surface area contributed by atoms with Crippen LogP contribution in [0, 0.1) is 6.92 Å². The Morgan fingerprint density at radius 1 is 1.14 bits per heavy atom. The van der Waals surface area contributed by atoms with Crippen LogP contribution in [0.25, 0.3) is 11.3 Å². The number of rotatable bonds is 6. The number of hydrogen-bond donors (Lipinski definition) is 1. The van der Waals surface area contributed by atoms with Gasteiger partial charge in [0.25, 0.3) is 0 Å². The largest absolute Gasteiger partial charge is 0.252 e. The lowest BCUT2D eigenvalue weighted by molar-refractivity contribution is 0.721. The van der Waals surface area contributed by atoms with E-state index in [9.17, 15) is 0 Å². The van der Waals surface area contributed by atoms with Crippen LogP contribution in [-0.2, 0) is 6.54 Å². The van der Waals surface area contributed by atoms with Crippen molar-refractivity contribution >= 4 is 33.8 Å². The lowest BCUT2D eigenvalue weighted by Crippen LogP contribution is -2.14. The van der Waals surface area contributed by atoms with E-state index >= 15 is 0 Å². The van der Waals surface area contributed by atoms with Gasteiger partial charge in [0.05, 0.1) is 18.0 Å². The first-order valence-corrected chi connectivity index (χ1v) is 9.86. The summed E-state index contributed by atoms with van der Waals surface area (Å²) in [5.41, 5.74) is 8.03. The van der Waals surface area contributed by atoms with Crippen molar-refractivity contribution in [3.05, 3.63) is 82.7 Å². The molecule has 2 aromatic carbocycles. The van der Waals surface area contributed by atoms with Crippen molar-refractivity contribution in [2.75, 3.05) is 5.43 Å². The van der Waals surface area contributed by atoms with Gasteiger partial charge < -0.3 is 0 Å². The topological polar surface area (TPSA) is 68.0 Å². The minimum absolute atomic E-state index is 0.505. The SMILES string of the molecule is Cc1ccc(/C(Cn2cncn2)=N\Nc2nc(-c3ccc(Cl)cc3)cs2)cc1. The predicted octanol–water partition coefficient (Wildman–Crippen LogP) is 4.88. The van der Waals surface area contributed by atoms with Crippen molar-refractivity contribution in [2.24, 2.45) is 5.10 Å². The second kappa shape index (κ2) is 8.33. The second-order valence-electron chi connectivity index (χ2n) is 6.17. The lowest BCUT2D eigenvalue weighted by Gasteiger charge is -2.07. The van der Waals surface area contributed by atoms with E-state index < -0.39 is 0 Å². The van der Waals surface area contributed by atoms with Crippen LogP contribution in [0.4, 0.5) is 5.13 Å². The molecule has 1 N–H and O–H groups in total. The maximum absolute atomic E-state index is 5.96. The molecular weight excluding hydrogens is 392 g/mol. The maximum atomic E-state index is 5.96. The highest BCUT2D eigenvalue weighted by molar-refractivity contribution is 7.14. The summed E-state index contributed by atoms with van der Waals surface area (Å²) in [5.74, 6) is 0. The highest BCUT2D eigenvalue weighted by Crippen LogP contribution is 2.26. The molecule has 0 bridgehead atoms. The minimum Gasteiger partial charge on any atom is -0.252 e. The summed E-state index contributed by atoms with van der Waals surface area (Å²) >= 11 is 7.45. The second-order valence-corrected chi connectivity index (χ2v) is 7.47. The number of nitrogens with zero attached hydrogens (tertiary/aromatic N) is 5. The highest BCUT2D eigenvalue weighted by atomic mass is 35.5. The number of halogens is 1. The Labute approximate surface area is 171 Å². The molecule has 2 aromatic heterocycles.